The second kappa shape index (κ2) is 169. The minimum Gasteiger partial charge on any atom is -0.124 e. The Labute approximate surface area is 102 Å². The van der Waals surface area contributed by atoms with Gasteiger partial charge in [0, 0.05) is 0 Å². The summed E-state index contributed by atoms with van der Waals surface area (Å²) in [6, 6.07) is 0. The van der Waals surface area contributed by atoms with E-state index in [9.17, 15) is 0 Å². The van der Waals surface area contributed by atoms with Crippen LogP contribution in [0.1, 0.15) is 82.6 Å². The molecule has 15 heavy (non-hydrogen) atoms. The van der Waals surface area contributed by atoms with Crippen molar-refractivity contribution in [3.05, 3.63) is 0 Å². The van der Waals surface area contributed by atoms with E-state index >= 15 is 0 Å². The molecule has 0 aliphatic rings. The first-order valence-corrected chi connectivity index (χ1v) is 6.48. The summed E-state index contributed by atoms with van der Waals surface area (Å²) in [5, 5.41) is 0. The van der Waals surface area contributed by atoms with Gasteiger partial charge in [0.05, 0.1) is 0 Å². The van der Waals surface area contributed by atoms with Gasteiger partial charge in [-0.15, -0.1) is 12.8 Å². The Morgan fingerprint density at radius 3 is 0.667 bits per heavy atom. The number of terminal acetylenes is 1. The predicted molar refractivity (Wildman–Crippen MR) is 80.4 cm³/mol. The van der Waals surface area contributed by atoms with Gasteiger partial charge in [-0.25, -0.2) is 0 Å². The molecule has 0 aromatic rings. The van der Waals surface area contributed by atoms with Crippen LogP contribution in [0.4, 0.5) is 0 Å². The van der Waals surface area contributed by atoms with Crippen LogP contribution >= 0.6 is 0 Å². The second-order valence-corrected chi connectivity index (χ2v) is 2.44. The van der Waals surface area contributed by atoms with Crippen LogP contribution in [0.15, 0.2) is 0 Å². The Morgan fingerprint density at radius 1 is 0.667 bits per heavy atom. The summed E-state index contributed by atoms with van der Waals surface area (Å²) >= 11 is 0. The highest BCUT2D eigenvalue weighted by atomic mass is 13.7. The summed E-state index contributed by atoms with van der Waals surface area (Å²) in [5.74, 6) is 0.833. The molecular weight excluding hydrogens is 180 g/mol. The van der Waals surface area contributed by atoms with Crippen molar-refractivity contribution in [3.63, 3.8) is 0 Å². The van der Waals surface area contributed by atoms with Crippen molar-refractivity contribution in [1.29, 1.82) is 0 Å². The maximum Gasteiger partial charge on any atom is -0.0500 e. The summed E-state index contributed by atoms with van der Waals surface area (Å²) < 4.78 is 0. The van der Waals surface area contributed by atoms with Crippen molar-refractivity contribution in [1.82, 2.24) is 0 Å². The first kappa shape index (κ1) is 36.5. The van der Waals surface area contributed by atoms with Crippen LogP contribution in [0.2, 0.25) is 0 Å². The molecule has 0 saturated heterocycles. The van der Waals surface area contributed by atoms with Crippen LogP contribution in [0.25, 0.3) is 0 Å². The van der Waals surface area contributed by atoms with Crippen LogP contribution in [-0.4, -0.2) is 0 Å². The maximum atomic E-state index is 4.00. The third-order valence-electron chi connectivity index (χ3n) is 0. The smallest absolute Gasteiger partial charge is 0.0500 e. The molecule has 0 atom stereocenters. The van der Waals surface area contributed by atoms with Crippen LogP contribution < -0.4 is 0 Å². The third kappa shape index (κ3) is 9360. The minimum atomic E-state index is 0.833. The van der Waals surface area contributed by atoms with Gasteiger partial charge >= 0.3 is 0 Å². The van der Waals surface area contributed by atoms with E-state index in [0.29, 0.717) is 0 Å². The lowest BCUT2D eigenvalue weighted by Gasteiger charge is -1.79. The summed E-state index contributed by atoms with van der Waals surface area (Å²) in [6.45, 7) is 22.8. The molecule has 0 saturated carbocycles. The Balaban J connectivity index is -0.0000000168. The first-order chi connectivity index (χ1) is 7.15. The molecule has 0 aromatic carbocycles. The van der Waals surface area contributed by atoms with Gasteiger partial charge in [-0.3, -0.25) is 0 Å². The van der Waals surface area contributed by atoms with E-state index in [-0.39, 0.29) is 0 Å². The fourth-order valence-electron chi connectivity index (χ4n) is 0. The first-order valence-electron chi connectivity index (χ1n) is 6.48. The van der Waals surface area contributed by atoms with Crippen LogP contribution in [-0.2, 0) is 0 Å². The zero-order chi connectivity index (χ0) is 14.3. The molecule has 0 unspecified atom stereocenters. The molecule has 0 rings (SSSR count). The van der Waals surface area contributed by atoms with Gasteiger partial charge in [0.1, 0.15) is 0 Å². The maximum absolute atomic E-state index is 4.00. The lowest BCUT2D eigenvalue weighted by atomic mass is 10.3. The van der Waals surface area contributed by atoms with Crippen molar-refractivity contribution < 1.29 is 0 Å². The van der Waals surface area contributed by atoms with Crippen molar-refractivity contribution >= 4 is 0 Å². The fourth-order valence-corrected chi connectivity index (χ4v) is 0. The highest BCUT2D eigenvalue weighted by Crippen LogP contribution is 1.81. The van der Waals surface area contributed by atoms with Crippen molar-refractivity contribution in [2.45, 2.75) is 82.6 Å². The summed E-state index contributed by atoms with van der Waals surface area (Å²) in [5.41, 5.74) is 0. The second-order valence-electron chi connectivity index (χ2n) is 2.44. The molecule has 0 spiro atoms. The summed E-state index contributed by atoms with van der Waals surface area (Å²) in [6.07, 6.45) is 9.25. The molecule has 0 radical (unpaired) electrons. The van der Waals surface area contributed by atoms with E-state index in [1.807, 2.05) is 41.5 Å². The summed E-state index contributed by atoms with van der Waals surface area (Å²) in [4.78, 5) is 0. The highest BCUT2D eigenvalue weighted by molar-refractivity contribution is 4.47. The molecular formula is C15H38. The molecule has 0 fully saturated rings. The van der Waals surface area contributed by atoms with Gasteiger partial charge in [0.25, 0.3) is 0 Å². The van der Waals surface area contributed by atoms with E-state index in [4.69, 9.17) is 0 Å². The van der Waals surface area contributed by atoms with E-state index in [1.165, 1.54) is 6.42 Å². The predicted octanol–water partition coefficient (Wildman–Crippen LogP) is 6.41. The van der Waals surface area contributed by atoms with Gasteiger partial charge in [-0.05, 0) is 5.92 Å². The third-order valence-corrected chi connectivity index (χ3v) is 0. The number of hydrogen-bond donors (Lipinski definition) is 0. The largest absolute Gasteiger partial charge is 0.124 e. The molecule has 0 aliphatic heterocycles. The topological polar surface area (TPSA) is 0 Å². The molecule has 0 nitrogen and oxygen atoms in total. The fraction of sp³-hybridized carbons (Fsp3) is 0.867. The lowest BCUT2D eigenvalue weighted by Crippen LogP contribution is -1.66. The van der Waals surface area contributed by atoms with Crippen molar-refractivity contribution in [2.24, 2.45) is 5.92 Å². The quantitative estimate of drug-likeness (QED) is 0.412. The SMILES string of the molecule is C#C.CC.CC.CC.CC(C)C.CCC. The number of rotatable bonds is 0. The van der Waals surface area contributed by atoms with Gasteiger partial charge in [-0.1, -0.05) is 82.6 Å². The Kier molecular flexibility index (Phi) is 411. The zero-order valence-corrected chi connectivity index (χ0v) is 13.4. The van der Waals surface area contributed by atoms with Gasteiger partial charge in [0.15, 0.2) is 0 Å². The lowest BCUT2D eigenvalue weighted by molar-refractivity contribution is 0.737. The number of hydrogen-bond acceptors (Lipinski definition) is 0. The molecule has 98 valence electrons. The van der Waals surface area contributed by atoms with Gasteiger partial charge < -0.3 is 0 Å². The molecule has 0 bridgehead atoms. The van der Waals surface area contributed by atoms with E-state index in [0.717, 1.165) is 5.92 Å². The molecule has 0 heteroatoms. The zero-order valence-electron chi connectivity index (χ0n) is 13.4. The van der Waals surface area contributed by atoms with Gasteiger partial charge in [-0.2, -0.15) is 0 Å². The molecule has 0 heterocycles. The van der Waals surface area contributed by atoms with E-state index < -0.39 is 0 Å². The van der Waals surface area contributed by atoms with Crippen LogP contribution in [0.5, 0.6) is 0 Å². The van der Waals surface area contributed by atoms with Crippen LogP contribution in [0, 0.1) is 18.8 Å². The van der Waals surface area contributed by atoms with Crippen molar-refractivity contribution in [3.8, 4) is 12.8 Å². The highest BCUT2D eigenvalue weighted by Gasteiger charge is 1.68. The Morgan fingerprint density at radius 2 is 0.667 bits per heavy atom. The standard InChI is InChI=1S/C4H10.C3H8.3C2H6.C2H2/c1-4(2)3;1-3-2;4*1-2/h4H,1-3H3;3H2,1-2H3;3*1-2H3;1-2H. The minimum absolute atomic E-state index is 0.833. The average Bonchev–Trinajstić information content (AvgIpc) is 2.29. The Bertz CT molecular complexity index is 29.8. The monoisotopic (exact) mass is 218 g/mol. The average molecular weight is 218 g/mol. The van der Waals surface area contributed by atoms with E-state index in [1.54, 1.807) is 0 Å². The van der Waals surface area contributed by atoms with E-state index in [2.05, 4.69) is 47.5 Å². The van der Waals surface area contributed by atoms with Gasteiger partial charge in [0.2, 0.25) is 0 Å². The molecule has 0 amide bonds. The molecule has 0 aliphatic carbocycles. The van der Waals surface area contributed by atoms with Crippen molar-refractivity contribution in [2.75, 3.05) is 0 Å². The normalized spacial score (nSPS) is 4.93. The van der Waals surface area contributed by atoms with Crippen LogP contribution in [0.3, 0.4) is 0 Å². The molecule has 0 aromatic heterocycles. The Hall–Kier alpha value is -0.440. The molecule has 0 N–H and O–H groups in total. The summed E-state index contributed by atoms with van der Waals surface area (Å²) in [7, 11) is 0.